The van der Waals surface area contributed by atoms with E-state index in [-0.39, 0.29) is 11.8 Å². The number of rotatable bonds is 2. The maximum Gasteiger partial charge on any atom is 0.196 e. The second kappa shape index (κ2) is 5.90. The number of hydrogen-bond acceptors (Lipinski definition) is 2. The van der Waals surface area contributed by atoms with Crippen molar-refractivity contribution in [1.82, 2.24) is 0 Å². The van der Waals surface area contributed by atoms with Crippen molar-refractivity contribution in [2.45, 2.75) is 18.6 Å². The van der Waals surface area contributed by atoms with E-state index < -0.39 is 5.79 Å². The predicted molar refractivity (Wildman–Crippen MR) is 63.6 cm³/mol. The molecule has 86 valence electrons. The fourth-order valence-electron chi connectivity index (χ4n) is 1.20. The average Bonchev–Trinajstić information content (AvgIpc) is 2.33. The summed E-state index contributed by atoms with van der Waals surface area (Å²) in [7, 11) is 0. The topological polar surface area (TPSA) is 18.5 Å². The zero-order valence-corrected chi connectivity index (χ0v) is 10.2. The fraction of sp³-hybridized carbons (Fsp3) is 0.636. The molecule has 4 heteroatoms. The molecule has 0 aromatic carbocycles. The van der Waals surface area contributed by atoms with E-state index in [0.717, 1.165) is 24.0 Å². The Morgan fingerprint density at radius 2 is 1.40 bits per heavy atom. The Balaban J connectivity index is 2.71. The molecular formula is C11H16Cl2O2. The van der Waals surface area contributed by atoms with Crippen molar-refractivity contribution in [3.05, 3.63) is 24.3 Å². The van der Waals surface area contributed by atoms with Crippen LogP contribution in [0.25, 0.3) is 0 Å². The molecule has 1 rings (SSSR count). The zero-order chi connectivity index (χ0) is 11.3. The van der Waals surface area contributed by atoms with Gasteiger partial charge in [0.1, 0.15) is 0 Å². The molecule has 0 atom stereocenters. The third-order valence-electron chi connectivity index (χ3n) is 2.32. The highest BCUT2D eigenvalue weighted by molar-refractivity contribution is 6.21. The molecule has 1 aliphatic rings. The minimum atomic E-state index is -0.903. The van der Waals surface area contributed by atoms with Crippen LogP contribution in [0.15, 0.2) is 24.3 Å². The summed E-state index contributed by atoms with van der Waals surface area (Å²) in [5.41, 5.74) is 2.03. The summed E-state index contributed by atoms with van der Waals surface area (Å²) in [6.07, 6.45) is 1.76. The van der Waals surface area contributed by atoms with Crippen LogP contribution in [0.5, 0.6) is 0 Å². The van der Waals surface area contributed by atoms with Gasteiger partial charge in [-0.25, -0.2) is 0 Å². The van der Waals surface area contributed by atoms with E-state index in [1.165, 1.54) is 0 Å². The van der Waals surface area contributed by atoms with Gasteiger partial charge in [0.2, 0.25) is 0 Å². The summed E-state index contributed by atoms with van der Waals surface area (Å²) in [5, 5.41) is 0. The van der Waals surface area contributed by atoms with Gasteiger partial charge in [-0.2, -0.15) is 0 Å². The van der Waals surface area contributed by atoms with E-state index in [9.17, 15) is 0 Å². The molecule has 1 aliphatic heterocycles. The lowest BCUT2D eigenvalue weighted by Crippen LogP contribution is -2.41. The molecule has 0 spiro atoms. The van der Waals surface area contributed by atoms with Crippen molar-refractivity contribution in [3.63, 3.8) is 0 Å². The maximum atomic E-state index is 5.82. The Morgan fingerprint density at radius 1 is 1.00 bits per heavy atom. The van der Waals surface area contributed by atoms with Gasteiger partial charge in [0.15, 0.2) is 5.79 Å². The summed E-state index contributed by atoms with van der Waals surface area (Å²) >= 11 is 11.6. The van der Waals surface area contributed by atoms with E-state index >= 15 is 0 Å². The van der Waals surface area contributed by atoms with E-state index in [1.54, 1.807) is 0 Å². The normalized spacial score (nSPS) is 23.1. The molecule has 0 amide bonds. The fourth-order valence-corrected chi connectivity index (χ4v) is 1.79. The van der Waals surface area contributed by atoms with E-state index in [4.69, 9.17) is 32.7 Å². The molecule has 2 nitrogen and oxygen atoms in total. The lowest BCUT2D eigenvalue weighted by atomic mass is 10.1. The molecule has 1 saturated heterocycles. The van der Waals surface area contributed by atoms with Gasteiger partial charge < -0.3 is 9.47 Å². The van der Waals surface area contributed by atoms with Crippen molar-refractivity contribution < 1.29 is 9.47 Å². The van der Waals surface area contributed by atoms with Crippen LogP contribution in [0.3, 0.4) is 0 Å². The SMILES string of the molecule is C=C1CCC(=C)COC(CCl)(CCl)OC1. The van der Waals surface area contributed by atoms with Gasteiger partial charge in [-0.15, -0.1) is 23.2 Å². The summed E-state index contributed by atoms with van der Waals surface area (Å²) in [6.45, 7) is 8.71. The van der Waals surface area contributed by atoms with Gasteiger partial charge in [-0.3, -0.25) is 0 Å². The molecular weight excluding hydrogens is 235 g/mol. The van der Waals surface area contributed by atoms with Crippen molar-refractivity contribution in [1.29, 1.82) is 0 Å². The molecule has 1 fully saturated rings. The highest BCUT2D eigenvalue weighted by Gasteiger charge is 2.31. The Morgan fingerprint density at radius 3 is 1.73 bits per heavy atom. The van der Waals surface area contributed by atoms with Gasteiger partial charge >= 0.3 is 0 Å². The highest BCUT2D eigenvalue weighted by Crippen LogP contribution is 2.23. The summed E-state index contributed by atoms with van der Waals surface area (Å²) < 4.78 is 11.2. The van der Waals surface area contributed by atoms with Crippen molar-refractivity contribution in [2.24, 2.45) is 0 Å². The van der Waals surface area contributed by atoms with Gasteiger partial charge in [-0.05, 0) is 12.8 Å². The Hall–Kier alpha value is -0.0200. The lowest BCUT2D eigenvalue weighted by Gasteiger charge is -2.29. The van der Waals surface area contributed by atoms with Crippen LogP contribution in [-0.4, -0.2) is 30.8 Å². The van der Waals surface area contributed by atoms with E-state index in [2.05, 4.69) is 13.2 Å². The summed E-state index contributed by atoms with van der Waals surface area (Å²) in [4.78, 5) is 0. The van der Waals surface area contributed by atoms with Gasteiger partial charge in [-0.1, -0.05) is 24.3 Å². The van der Waals surface area contributed by atoms with Gasteiger partial charge in [0.05, 0.1) is 25.0 Å². The van der Waals surface area contributed by atoms with Crippen LogP contribution < -0.4 is 0 Å². The predicted octanol–water partition coefficient (Wildman–Crippen LogP) is 3.10. The zero-order valence-electron chi connectivity index (χ0n) is 8.73. The Kier molecular flexibility index (Phi) is 5.13. The summed E-state index contributed by atoms with van der Waals surface area (Å²) in [6, 6.07) is 0. The monoisotopic (exact) mass is 250 g/mol. The first kappa shape index (κ1) is 13.0. The van der Waals surface area contributed by atoms with Crippen LogP contribution >= 0.6 is 23.2 Å². The molecule has 0 aromatic heterocycles. The van der Waals surface area contributed by atoms with Crippen LogP contribution in [-0.2, 0) is 9.47 Å². The molecule has 0 bridgehead atoms. The second-order valence-electron chi connectivity index (χ2n) is 3.76. The highest BCUT2D eigenvalue weighted by atomic mass is 35.5. The Bertz CT molecular complexity index is 225. The third kappa shape index (κ3) is 3.80. The number of halogens is 2. The van der Waals surface area contributed by atoms with Crippen molar-refractivity contribution in [3.8, 4) is 0 Å². The minimum absolute atomic E-state index is 0.205. The largest absolute Gasteiger partial charge is 0.343 e. The lowest BCUT2D eigenvalue weighted by molar-refractivity contribution is -0.196. The quantitative estimate of drug-likeness (QED) is 0.554. The molecule has 1 heterocycles. The van der Waals surface area contributed by atoms with Crippen LogP contribution in [0.4, 0.5) is 0 Å². The van der Waals surface area contributed by atoms with Crippen LogP contribution in [0.2, 0.25) is 0 Å². The number of alkyl halides is 2. The molecule has 0 N–H and O–H groups in total. The van der Waals surface area contributed by atoms with E-state index in [0.29, 0.717) is 13.2 Å². The van der Waals surface area contributed by atoms with E-state index in [1.807, 2.05) is 0 Å². The molecule has 0 radical (unpaired) electrons. The molecule has 0 saturated carbocycles. The van der Waals surface area contributed by atoms with Gasteiger partial charge in [0.25, 0.3) is 0 Å². The Labute approximate surface area is 101 Å². The second-order valence-corrected chi connectivity index (χ2v) is 4.29. The first-order valence-electron chi connectivity index (χ1n) is 4.85. The smallest absolute Gasteiger partial charge is 0.196 e. The number of hydrogen-bond donors (Lipinski definition) is 0. The maximum absolute atomic E-state index is 5.82. The molecule has 0 unspecified atom stereocenters. The standard InChI is InChI=1S/C11H16Cl2O2/c1-9-3-4-10(2)6-15-11(7-12,8-13)14-5-9/h1-8H2. The first-order valence-corrected chi connectivity index (χ1v) is 5.92. The summed E-state index contributed by atoms with van der Waals surface area (Å²) in [5.74, 6) is -0.493. The van der Waals surface area contributed by atoms with Crippen LogP contribution in [0, 0.1) is 0 Å². The first-order chi connectivity index (χ1) is 7.12. The number of ether oxygens (including phenoxy) is 2. The van der Waals surface area contributed by atoms with Crippen LogP contribution in [0.1, 0.15) is 12.8 Å². The average molecular weight is 251 g/mol. The molecule has 0 aromatic rings. The van der Waals surface area contributed by atoms with Crippen molar-refractivity contribution >= 4 is 23.2 Å². The van der Waals surface area contributed by atoms with Gasteiger partial charge in [0, 0.05) is 0 Å². The molecule has 0 aliphatic carbocycles. The molecule has 15 heavy (non-hydrogen) atoms. The van der Waals surface area contributed by atoms with Crippen molar-refractivity contribution in [2.75, 3.05) is 25.0 Å². The minimum Gasteiger partial charge on any atom is -0.343 e. The third-order valence-corrected chi connectivity index (χ3v) is 3.13.